The standard InChI is InChI=1S/C11H12O3S/c1-14-10-5-4-8(7-12)9(11(10)13)3-2-6-15/h2-5,7,13,15H,6H2,1H3. The molecule has 1 aromatic carbocycles. The Hall–Kier alpha value is -1.42. The Morgan fingerprint density at radius 1 is 1.53 bits per heavy atom. The average Bonchev–Trinajstić information content (AvgIpc) is 2.27. The van der Waals surface area contributed by atoms with Gasteiger partial charge in [-0.3, -0.25) is 4.79 Å². The quantitative estimate of drug-likeness (QED) is 0.608. The van der Waals surface area contributed by atoms with Crippen LogP contribution in [0.25, 0.3) is 6.08 Å². The summed E-state index contributed by atoms with van der Waals surface area (Å²) >= 11 is 4.01. The first-order valence-electron chi connectivity index (χ1n) is 4.37. The molecule has 80 valence electrons. The molecular formula is C11H12O3S. The van der Waals surface area contributed by atoms with Gasteiger partial charge in [-0.25, -0.2) is 0 Å². The van der Waals surface area contributed by atoms with Gasteiger partial charge in [0.05, 0.1) is 7.11 Å². The van der Waals surface area contributed by atoms with E-state index in [-0.39, 0.29) is 5.75 Å². The second-order valence-corrected chi connectivity index (χ2v) is 3.19. The van der Waals surface area contributed by atoms with E-state index in [1.165, 1.54) is 7.11 Å². The van der Waals surface area contributed by atoms with Gasteiger partial charge in [0.25, 0.3) is 0 Å². The molecule has 0 unspecified atom stereocenters. The Morgan fingerprint density at radius 2 is 2.27 bits per heavy atom. The number of methoxy groups -OCH3 is 1. The molecule has 0 saturated carbocycles. The van der Waals surface area contributed by atoms with Crippen LogP contribution < -0.4 is 4.74 Å². The van der Waals surface area contributed by atoms with Gasteiger partial charge >= 0.3 is 0 Å². The molecule has 0 spiro atoms. The van der Waals surface area contributed by atoms with Gasteiger partial charge in [0, 0.05) is 16.9 Å². The van der Waals surface area contributed by atoms with Crippen molar-refractivity contribution in [3.63, 3.8) is 0 Å². The molecule has 1 N–H and O–H groups in total. The van der Waals surface area contributed by atoms with E-state index in [9.17, 15) is 9.90 Å². The van der Waals surface area contributed by atoms with E-state index >= 15 is 0 Å². The van der Waals surface area contributed by atoms with Gasteiger partial charge in [0.15, 0.2) is 17.8 Å². The highest BCUT2D eigenvalue weighted by molar-refractivity contribution is 7.80. The normalized spacial score (nSPS) is 10.5. The molecule has 15 heavy (non-hydrogen) atoms. The Balaban J connectivity index is 3.28. The summed E-state index contributed by atoms with van der Waals surface area (Å²) in [5.41, 5.74) is 0.879. The third-order valence-electron chi connectivity index (χ3n) is 1.95. The van der Waals surface area contributed by atoms with Crippen LogP contribution in [0.5, 0.6) is 11.5 Å². The number of carbonyl (C=O) groups is 1. The van der Waals surface area contributed by atoms with Crippen LogP contribution in [0, 0.1) is 0 Å². The topological polar surface area (TPSA) is 46.5 Å². The summed E-state index contributed by atoms with van der Waals surface area (Å²) < 4.78 is 4.95. The highest BCUT2D eigenvalue weighted by atomic mass is 32.1. The van der Waals surface area contributed by atoms with Crippen molar-refractivity contribution in [2.45, 2.75) is 0 Å². The zero-order chi connectivity index (χ0) is 11.3. The summed E-state index contributed by atoms with van der Waals surface area (Å²) in [7, 11) is 1.46. The first-order chi connectivity index (χ1) is 7.24. The minimum atomic E-state index is -0.0277. The van der Waals surface area contributed by atoms with Crippen LogP contribution in [0.3, 0.4) is 0 Å². The predicted molar refractivity (Wildman–Crippen MR) is 62.9 cm³/mol. The van der Waals surface area contributed by atoms with Crippen LogP contribution >= 0.6 is 12.6 Å². The maximum absolute atomic E-state index is 10.7. The predicted octanol–water partition coefficient (Wildman–Crippen LogP) is 2.16. The molecule has 0 aliphatic carbocycles. The van der Waals surface area contributed by atoms with Crippen molar-refractivity contribution in [3.05, 3.63) is 29.3 Å². The lowest BCUT2D eigenvalue weighted by atomic mass is 10.1. The molecule has 0 heterocycles. The lowest BCUT2D eigenvalue weighted by Gasteiger charge is -2.07. The van der Waals surface area contributed by atoms with Crippen molar-refractivity contribution < 1.29 is 14.6 Å². The minimum Gasteiger partial charge on any atom is -0.504 e. The zero-order valence-electron chi connectivity index (χ0n) is 8.30. The van der Waals surface area contributed by atoms with Gasteiger partial charge in [0.2, 0.25) is 0 Å². The second-order valence-electron chi connectivity index (χ2n) is 2.82. The Bertz CT molecular complexity index is 386. The lowest BCUT2D eigenvalue weighted by molar-refractivity contribution is 0.112. The SMILES string of the molecule is COc1ccc(C=O)c(C=CCS)c1O. The zero-order valence-corrected chi connectivity index (χ0v) is 9.20. The van der Waals surface area contributed by atoms with Crippen molar-refractivity contribution in [1.29, 1.82) is 0 Å². The van der Waals surface area contributed by atoms with Crippen molar-refractivity contribution in [3.8, 4) is 11.5 Å². The van der Waals surface area contributed by atoms with Crippen LogP contribution in [-0.4, -0.2) is 24.3 Å². The van der Waals surface area contributed by atoms with Crippen molar-refractivity contribution in [2.75, 3.05) is 12.9 Å². The number of ether oxygens (including phenoxy) is 1. The number of thiol groups is 1. The minimum absolute atomic E-state index is 0.0277. The number of aldehydes is 1. The van der Waals surface area contributed by atoms with Gasteiger partial charge in [-0.2, -0.15) is 12.6 Å². The molecule has 0 fully saturated rings. The van der Waals surface area contributed by atoms with Crippen LogP contribution in [0.15, 0.2) is 18.2 Å². The molecule has 3 nitrogen and oxygen atoms in total. The maximum atomic E-state index is 10.7. The first-order valence-corrected chi connectivity index (χ1v) is 5.00. The molecule has 1 rings (SSSR count). The lowest BCUT2D eigenvalue weighted by Crippen LogP contribution is -1.91. The molecule has 4 heteroatoms. The fourth-order valence-electron chi connectivity index (χ4n) is 1.22. The Labute approximate surface area is 93.8 Å². The molecule has 0 aliphatic heterocycles. The number of phenols is 1. The third kappa shape index (κ3) is 2.53. The number of rotatable bonds is 4. The summed E-state index contributed by atoms with van der Waals surface area (Å²) in [5.74, 6) is 0.856. The molecule has 0 radical (unpaired) electrons. The summed E-state index contributed by atoms with van der Waals surface area (Å²) in [5, 5.41) is 9.77. The molecular weight excluding hydrogens is 212 g/mol. The Kier molecular flexibility index (Phi) is 4.24. The summed E-state index contributed by atoms with van der Waals surface area (Å²) in [4.78, 5) is 10.7. The van der Waals surface area contributed by atoms with Gasteiger partial charge in [-0.05, 0) is 12.1 Å². The van der Waals surface area contributed by atoms with E-state index in [0.717, 1.165) is 0 Å². The van der Waals surface area contributed by atoms with Crippen molar-refractivity contribution >= 4 is 25.0 Å². The molecule has 0 aromatic heterocycles. The largest absolute Gasteiger partial charge is 0.504 e. The van der Waals surface area contributed by atoms with E-state index in [0.29, 0.717) is 28.9 Å². The smallest absolute Gasteiger partial charge is 0.165 e. The van der Waals surface area contributed by atoms with E-state index in [4.69, 9.17) is 4.74 Å². The van der Waals surface area contributed by atoms with E-state index in [1.807, 2.05) is 0 Å². The highest BCUT2D eigenvalue weighted by Crippen LogP contribution is 2.32. The summed E-state index contributed by atoms with van der Waals surface area (Å²) in [6.07, 6.45) is 4.08. The number of carbonyl (C=O) groups excluding carboxylic acids is 1. The fraction of sp³-hybridized carbons (Fsp3) is 0.182. The maximum Gasteiger partial charge on any atom is 0.165 e. The molecule has 0 atom stereocenters. The second kappa shape index (κ2) is 5.46. The Morgan fingerprint density at radius 3 is 2.80 bits per heavy atom. The van der Waals surface area contributed by atoms with E-state index in [2.05, 4.69) is 12.6 Å². The van der Waals surface area contributed by atoms with Gasteiger partial charge < -0.3 is 9.84 Å². The monoisotopic (exact) mass is 224 g/mol. The summed E-state index contributed by atoms with van der Waals surface area (Å²) in [6, 6.07) is 3.15. The molecule has 0 aliphatic rings. The van der Waals surface area contributed by atoms with Gasteiger partial charge in [0.1, 0.15) is 0 Å². The van der Waals surface area contributed by atoms with Crippen LogP contribution in [0.2, 0.25) is 0 Å². The first kappa shape index (κ1) is 11.7. The molecule has 0 saturated heterocycles. The number of phenolic OH excluding ortho intramolecular Hbond substituents is 1. The molecule has 1 aromatic rings. The summed E-state index contributed by atoms with van der Waals surface area (Å²) in [6.45, 7) is 0. The molecule has 0 bridgehead atoms. The van der Waals surface area contributed by atoms with E-state index in [1.54, 1.807) is 24.3 Å². The van der Waals surface area contributed by atoms with Crippen LogP contribution in [0.4, 0.5) is 0 Å². The van der Waals surface area contributed by atoms with Crippen LogP contribution in [-0.2, 0) is 0 Å². The van der Waals surface area contributed by atoms with E-state index < -0.39 is 0 Å². The molecule has 0 amide bonds. The number of aromatic hydroxyl groups is 1. The van der Waals surface area contributed by atoms with Crippen LogP contribution in [0.1, 0.15) is 15.9 Å². The number of benzene rings is 1. The van der Waals surface area contributed by atoms with Gasteiger partial charge in [-0.1, -0.05) is 12.2 Å². The van der Waals surface area contributed by atoms with Gasteiger partial charge in [-0.15, -0.1) is 0 Å². The highest BCUT2D eigenvalue weighted by Gasteiger charge is 2.09. The third-order valence-corrected chi connectivity index (χ3v) is 2.16. The van der Waals surface area contributed by atoms with Crippen molar-refractivity contribution in [2.24, 2.45) is 0 Å². The number of hydrogen-bond acceptors (Lipinski definition) is 4. The fourth-order valence-corrected chi connectivity index (χ4v) is 1.32. The average molecular weight is 224 g/mol. The van der Waals surface area contributed by atoms with Crippen molar-refractivity contribution in [1.82, 2.24) is 0 Å². The number of hydrogen-bond donors (Lipinski definition) is 2.